The van der Waals surface area contributed by atoms with E-state index in [4.69, 9.17) is 11.1 Å². The Hall–Kier alpha value is -1.19. The fourth-order valence-electron chi connectivity index (χ4n) is 0.988. The third kappa shape index (κ3) is 2.93. The van der Waals surface area contributed by atoms with Gasteiger partial charge in [0, 0.05) is 12.4 Å². The summed E-state index contributed by atoms with van der Waals surface area (Å²) in [5.74, 6) is -0.102. The van der Waals surface area contributed by atoms with Gasteiger partial charge in [-0.2, -0.15) is 0 Å². The van der Waals surface area contributed by atoms with Crippen molar-refractivity contribution < 1.29 is 0 Å². The van der Waals surface area contributed by atoms with Gasteiger partial charge in [0.1, 0.15) is 16.6 Å². The number of hydrogen-bond acceptors (Lipinski definition) is 8. The molecule has 0 unspecified atom stereocenters. The van der Waals surface area contributed by atoms with E-state index >= 15 is 0 Å². The van der Waals surface area contributed by atoms with E-state index in [2.05, 4.69) is 20.2 Å². The van der Waals surface area contributed by atoms with Crippen molar-refractivity contribution in [3.05, 3.63) is 18.1 Å². The molecule has 0 fully saturated rings. The molecule has 2 aromatic heterocycles. The Labute approximate surface area is 110 Å². The normalized spacial score (nSPS) is 10.4. The third-order valence-electron chi connectivity index (χ3n) is 1.67. The minimum Gasteiger partial charge on any atom is -0.382 e. The van der Waals surface area contributed by atoms with Crippen LogP contribution in [0.1, 0.15) is 5.69 Å². The van der Waals surface area contributed by atoms with Crippen LogP contribution in [-0.4, -0.2) is 32.3 Å². The molecule has 0 aliphatic carbocycles. The van der Waals surface area contributed by atoms with Gasteiger partial charge in [-0.3, -0.25) is 5.41 Å². The Morgan fingerprint density at radius 3 is 2.65 bits per heavy atom. The molecule has 3 N–H and O–H groups in total. The predicted molar refractivity (Wildman–Crippen MR) is 68.9 cm³/mol. The molecule has 0 aliphatic rings. The van der Waals surface area contributed by atoms with Crippen molar-refractivity contribution in [2.45, 2.75) is 13.7 Å². The van der Waals surface area contributed by atoms with Crippen LogP contribution in [0, 0.1) is 5.41 Å². The molecular formula is C8H8N6S3. The summed E-state index contributed by atoms with van der Waals surface area (Å²) in [5.41, 5.74) is 5.80. The first-order valence-corrected chi connectivity index (χ1v) is 7.27. The van der Waals surface area contributed by atoms with E-state index in [0.717, 1.165) is 8.68 Å². The van der Waals surface area contributed by atoms with Gasteiger partial charge >= 0.3 is 0 Å². The summed E-state index contributed by atoms with van der Waals surface area (Å²) in [6.45, 7) is 0. The van der Waals surface area contributed by atoms with Gasteiger partial charge in [-0.1, -0.05) is 23.1 Å². The van der Waals surface area contributed by atoms with Crippen LogP contribution in [0.3, 0.4) is 0 Å². The molecule has 0 aromatic carbocycles. The van der Waals surface area contributed by atoms with Crippen LogP contribution < -0.4 is 5.73 Å². The number of nitrogen functional groups attached to an aromatic ring is 1. The molecule has 0 aliphatic heterocycles. The first-order chi connectivity index (χ1) is 8.20. The first-order valence-electron chi connectivity index (χ1n) is 4.41. The van der Waals surface area contributed by atoms with E-state index in [0.29, 0.717) is 10.7 Å². The van der Waals surface area contributed by atoms with E-state index in [-0.39, 0.29) is 5.84 Å². The van der Waals surface area contributed by atoms with Crippen molar-refractivity contribution >= 4 is 40.7 Å². The third-order valence-corrected chi connectivity index (χ3v) is 4.61. The lowest BCUT2D eigenvalue weighted by atomic mass is 10.4. The predicted octanol–water partition coefficient (Wildman–Crippen LogP) is 1.49. The molecule has 17 heavy (non-hydrogen) atoms. The van der Waals surface area contributed by atoms with Gasteiger partial charge in [0.2, 0.25) is 0 Å². The number of rotatable bonds is 4. The maximum absolute atomic E-state index is 7.41. The van der Waals surface area contributed by atoms with Gasteiger partial charge < -0.3 is 5.73 Å². The van der Waals surface area contributed by atoms with Crippen LogP contribution in [0.4, 0.5) is 0 Å². The van der Waals surface area contributed by atoms with Crippen LogP contribution in [0.25, 0.3) is 0 Å². The SMILES string of the molecule is CSc1nnc(Sc2nccnc2C(=N)N)s1. The minimum atomic E-state index is -0.102. The van der Waals surface area contributed by atoms with Gasteiger partial charge in [0.25, 0.3) is 0 Å². The number of nitrogens with one attached hydrogen (secondary N) is 1. The van der Waals surface area contributed by atoms with Crippen LogP contribution in [0.5, 0.6) is 0 Å². The molecule has 9 heteroatoms. The number of nitrogens with zero attached hydrogens (tertiary/aromatic N) is 4. The molecule has 2 aromatic rings. The van der Waals surface area contributed by atoms with Crippen molar-refractivity contribution in [3.8, 4) is 0 Å². The number of nitrogens with two attached hydrogens (primary N) is 1. The first kappa shape index (κ1) is 12.3. The lowest BCUT2D eigenvalue weighted by Crippen LogP contribution is -2.14. The molecule has 2 heterocycles. The molecule has 2 rings (SSSR count). The summed E-state index contributed by atoms with van der Waals surface area (Å²) < 4.78 is 1.65. The molecule has 6 nitrogen and oxygen atoms in total. The highest BCUT2D eigenvalue weighted by molar-refractivity contribution is 8.03. The minimum absolute atomic E-state index is 0.102. The Morgan fingerprint density at radius 2 is 2.00 bits per heavy atom. The second kappa shape index (κ2) is 5.43. The zero-order chi connectivity index (χ0) is 12.3. The zero-order valence-electron chi connectivity index (χ0n) is 8.75. The van der Waals surface area contributed by atoms with Crippen molar-refractivity contribution in [1.82, 2.24) is 20.2 Å². The summed E-state index contributed by atoms with van der Waals surface area (Å²) in [6, 6.07) is 0. The van der Waals surface area contributed by atoms with Crippen molar-refractivity contribution in [2.24, 2.45) is 5.73 Å². The topological polar surface area (TPSA) is 101 Å². The van der Waals surface area contributed by atoms with E-state index in [1.807, 2.05) is 6.26 Å². The van der Waals surface area contributed by atoms with Gasteiger partial charge in [-0.15, -0.1) is 10.2 Å². The second-order valence-corrected chi connectivity index (χ2v) is 6.03. The Bertz CT molecular complexity index is 540. The van der Waals surface area contributed by atoms with Crippen LogP contribution in [0.2, 0.25) is 0 Å². The quantitative estimate of drug-likeness (QED) is 0.498. The fourth-order valence-corrected chi connectivity index (χ4v) is 3.41. The fraction of sp³-hybridized carbons (Fsp3) is 0.125. The highest BCUT2D eigenvalue weighted by Crippen LogP contribution is 2.32. The molecule has 0 amide bonds. The van der Waals surface area contributed by atoms with Crippen LogP contribution >= 0.6 is 34.9 Å². The van der Waals surface area contributed by atoms with E-state index in [1.54, 1.807) is 6.20 Å². The molecule has 88 valence electrons. The van der Waals surface area contributed by atoms with E-state index < -0.39 is 0 Å². The van der Waals surface area contributed by atoms with Crippen LogP contribution in [0.15, 0.2) is 26.1 Å². The van der Waals surface area contributed by atoms with Crippen molar-refractivity contribution in [2.75, 3.05) is 6.26 Å². The largest absolute Gasteiger partial charge is 0.382 e. The van der Waals surface area contributed by atoms with Gasteiger partial charge in [0.15, 0.2) is 8.68 Å². The van der Waals surface area contributed by atoms with Gasteiger partial charge in [-0.25, -0.2) is 9.97 Å². The molecule has 0 saturated heterocycles. The van der Waals surface area contributed by atoms with Crippen LogP contribution in [-0.2, 0) is 0 Å². The Morgan fingerprint density at radius 1 is 1.29 bits per heavy atom. The summed E-state index contributed by atoms with van der Waals surface area (Å²) >= 11 is 4.33. The summed E-state index contributed by atoms with van der Waals surface area (Å²) in [6.07, 6.45) is 5.01. The maximum Gasteiger partial charge on any atom is 0.181 e. The molecule has 0 spiro atoms. The summed E-state index contributed by atoms with van der Waals surface area (Å²) in [5, 5.41) is 16.0. The van der Waals surface area contributed by atoms with Crippen molar-refractivity contribution in [3.63, 3.8) is 0 Å². The molecule has 0 radical (unpaired) electrons. The van der Waals surface area contributed by atoms with E-state index in [9.17, 15) is 0 Å². The standard InChI is InChI=1S/C8H8N6S3/c1-15-7-13-14-8(17-7)16-6-4(5(9)10)11-2-3-12-6/h2-3H,1H3,(H3,9,10). The summed E-state index contributed by atoms with van der Waals surface area (Å²) in [4.78, 5) is 8.16. The highest BCUT2D eigenvalue weighted by atomic mass is 32.2. The maximum atomic E-state index is 7.41. The monoisotopic (exact) mass is 284 g/mol. The molecule has 0 saturated carbocycles. The van der Waals surface area contributed by atoms with E-state index in [1.165, 1.54) is 41.1 Å². The molecular weight excluding hydrogens is 276 g/mol. The number of aromatic nitrogens is 4. The second-order valence-electron chi connectivity index (χ2n) is 2.76. The lowest BCUT2D eigenvalue weighted by molar-refractivity contribution is 0.950. The van der Waals surface area contributed by atoms with Gasteiger partial charge in [0.05, 0.1) is 0 Å². The van der Waals surface area contributed by atoms with Crippen molar-refractivity contribution in [1.29, 1.82) is 5.41 Å². The average molecular weight is 284 g/mol. The molecule has 0 atom stereocenters. The summed E-state index contributed by atoms with van der Waals surface area (Å²) in [7, 11) is 0. The number of amidine groups is 1. The lowest BCUT2D eigenvalue weighted by Gasteiger charge is -2.01. The zero-order valence-corrected chi connectivity index (χ0v) is 11.2. The Balaban J connectivity index is 2.26. The average Bonchev–Trinajstić information content (AvgIpc) is 2.77. The van der Waals surface area contributed by atoms with Gasteiger partial charge in [-0.05, 0) is 18.0 Å². The number of hydrogen-bond donors (Lipinski definition) is 2. The Kier molecular flexibility index (Phi) is 3.92. The molecule has 0 bridgehead atoms. The highest BCUT2D eigenvalue weighted by Gasteiger charge is 2.12. The number of thioether (sulfide) groups is 1. The smallest absolute Gasteiger partial charge is 0.181 e.